The molecule has 2 heterocycles. The van der Waals surface area contributed by atoms with Crippen LogP contribution in [0.3, 0.4) is 0 Å². The van der Waals surface area contributed by atoms with Gasteiger partial charge in [0, 0.05) is 22.1 Å². The van der Waals surface area contributed by atoms with Crippen LogP contribution in [-0.4, -0.2) is 15.0 Å². The second-order valence-corrected chi connectivity index (χ2v) is 14.4. The van der Waals surface area contributed by atoms with E-state index in [1.54, 1.807) is 0 Å². The van der Waals surface area contributed by atoms with E-state index < -0.39 is 0 Å². The molecule has 0 unspecified atom stereocenters. The molecule has 0 radical (unpaired) electrons. The average Bonchev–Trinajstić information content (AvgIpc) is 3.26. The van der Waals surface area contributed by atoms with Gasteiger partial charge in [0.2, 0.25) is 0 Å². The molecule has 0 N–H and O–H groups in total. The molecule has 0 saturated carbocycles. The van der Waals surface area contributed by atoms with Crippen LogP contribution in [0.1, 0.15) is 0 Å². The number of anilines is 3. The maximum Gasteiger partial charge on any atom is 0.164 e. The summed E-state index contributed by atoms with van der Waals surface area (Å²) in [6.07, 6.45) is 0. The molecule has 0 saturated heterocycles. The van der Waals surface area contributed by atoms with E-state index in [2.05, 4.69) is 163 Å². The molecule has 12 rings (SSSR count). The normalized spacial score (nSPS) is 12.4. The zero-order valence-corrected chi connectivity index (χ0v) is 30.0. The van der Waals surface area contributed by atoms with Gasteiger partial charge in [-0.2, -0.15) is 0 Å². The summed E-state index contributed by atoms with van der Waals surface area (Å²) in [6.45, 7) is 0. The Labute approximate surface area is 322 Å². The monoisotopic (exact) mass is 714 g/mol. The zero-order valence-electron chi connectivity index (χ0n) is 30.0. The highest BCUT2D eigenvalue weighted by atomic mass is 16.5. The molecule has 0 atom stereocenters. The van der Waals surface area contributed by atoms with E-state index in [1.807, 2.05) is 24.3 Å². The summed E-state index contributed by atoms with van der Waals surface area (Å²) >= 11 is 0. The highest BCUT2D eigenvalue weighted by Crippen LogP contribution is 2.53. The van der Waals surface area contributed by atoms with Crippen LogP contribution in [0.5, 0.6) is 11.5 Å². The smallest absolute Gasteiger partial charge is 0.164 e. The first-order valence-electron chi connectivity index (χ1n) is 18.9. The lowest BCUT2D eigenvalue weighted by molar-refractivity contribution is 0.477. The summed E-state index contributed by atoms with van der Waals surface area (Å²) in [7, 11) is 0. The van der Waals surface area contributed by atoms with Crippen LogP contribution in [-0.2, 0) is 0 Å². The van der Waals surface area contributed by atoms with Gasteiger partial charge in [0.1, 0.15) is 0 Å². The predicted molar refractivity (Wildman–Crippen MR) is 230 cm³/mol. The number of benzene rings is 10. The minimum atomic E-state index is 0.640. The van der Waals surface area contributed by atoms with Crippen LogP contribution in [0, 0.1) is 0 Å². The van der Waals surface area contributed by atoms with Crippen LogP contribution in [0.2, 0.25) is 0 Å². The SMILES string of the molecule is c1ccc2c(c1)Oc1ccccc1N2c1cc2cccc3c(-c4nc(-c5cccc6ccccc56)nc(-c5cccc6ccccc56)n4)cc4cccc1c4c23. The molecule has 1 aromatic heterocycles. The van der Waals surface area contributed by atoms with Crippen molar-refractivity contribution >= 4 is 70.9 Å². The van der Waals surface area contributed by atoms with E-state index in [0.29, 0.717) is 17.5 Å². The first-order chi connectivity index (χ1) is 27.8. The van der Waals surface area contributed by atoms with Crippen molar-refractivity contribution < 1.29 is 4.74 Å². The quantitative estimate of drug-likeness (QED) is 0.170. The van der Waals surface area contributed by atoms with Gasteiger partial charge in [0.25, 0.3) is 0 Å². The third-order valence-electron chi connectivity index (χ3n) is 11.2. The molecular formula is C51H30N4O. The lowest BCUT2D eigenvalue weighted by Crippen LogP contribution is -2.16. The highest BCUT2D eigenvalue weighted by Gasteiger charge is 2.28. The summed E-state index contributed by atoms with van der Waals surface area (Å²) in [5, 5.41) is 11.4. The Morgan fingerprint density at radius 2 is 0.750 bits per heavy atom. The molecular weight excluding hydrogens is 685 g/mol. The minimum absolute atomic E-state index is 0.640. The molecule has 0 spiro atoms. The van der Waals surface area contributed by atoms with Crippen LogP contribution in [0.25, 0.3) is 88.0 Å². The Bertz CT molecular complexity index is 3220. The number of para-hydroxylation sites is 4. The van der Waals surface area contributed by atoms with Gasteiger partial charge in [0.15, 0.2) is 29.0 Å². The van der Waals surface area contributed by atoms with Crippen LogP contribution >= 0.6 is 0 Å². The topological polar surface area (TPSA) is 51.1 Å². The van der Waals surface area contributed by atoms with Crippen molar-refractivity contribution in [2.75, 3.05) is 4.90 Å². The average molecular weight is 715 g/mol. The van der Waals surface area contributed by atoms with E-state index in [4.69, 9.17) is 19.7 Å². The predicted octanol–water partition coefficient (Wildman–Crippen LogP) is 13.7. The summed E-state index contributed by atoms with van der Waals surface area (Å²) < 4.78 is 6.41. The van der Waals surface area contributed by atoms with Gasteiger partial charge in [-0.05, 0) is 84.9 Å². The van der Waals surface area contributed by atoms with Gasteiger partial charge in [-0.15, -0.1) is 0 Å². The second-order valence-electron chi connectivity index (χ2n) is 14.4. The van der Waals surface area contributed by atoms with E-state index in [-0.39, 0.29) is 0 Å². The van der Waals surface area contributed by atoms with Crippen molar-refractivity contribution in [3.05, 3.63) is 182 Å². The highest BCUT2D eigenvalue weighted by molar-refractivity contribution is 6.29. The first-order valence-corrected chi connectivity index (χ1v) is 18.9. The number of hydrogen-bond donors (Lipinski definition) is 0. The largest absolute Gasteiger partial charge is 0.453 e. The molecule has 260 valence electrons. The third-order valence-corrected chi connectivity index (χ3v) is 11.2. The zero-order chi connectivity index (χ0) is 36.7. The lowest BCUT2D eigenvalue weighted by atomic mass is 9.89. The van der Waals surface area contributed by atoms with Crippen molar-refractivity contribution in [1.82, 2.24) is 15.0 Å². The van der Waals surface area contributed by atoms with Crippen molar-refractivity contribution in [3.63, 3.8) is 0 Å². The molecule has 1 aliphatic heterocycles. The Morgan fingerprint density at radius 1 is 0.321 bits per heavy atom. The standard InChI is InChI=1S/C51H30N4O/c1-3-19-35-31(13-1)15-9-22-38(35)49-52-50(39-23-10-16-32-14-2-4-20-36(32)39)54-51(53-49)41-29-33-17-12-24-40-44(30-34-18-11-21-37(41)47(34)48(33)40)55-42-25-5-7-27-45(42)56-46-28-8-6-26-43(46)55/h1-30H. The third kappa shape index (κ3) is 4.58. The molecule has 0 fully saturated rings. The second kappa shape index (κ2) is 11.9. The Morgan fingerprint density at radius 3 is 1.38 bits per heavy atom. The molecule has 56 heavy (non-hydrogen) atoms. The van der Waals surface area contributed by atoms with Gasteiger partial charge in [0.05, 0.1) is 17.1 Å². The molecule has 0 bridgehead atoms. The molecule has 5 heteroatoms. The van der Waals surface area contributed by atoms with Crippen LogP contribution in [0.15, 0.2) is 182 Å². The van der Waals surface area contributed by atoms with Crippen LogP contribution < -0.4 is 9.64 Å². The van der Waals surface area contributed by atoms with Crippen molar-refractivity contribution in [2.45, 2.75) is 0 Å². The number of nitrogens with zero attached hydrogens (tertiary/aromatic N) is 4. The Balaban J connectivity index is 1.14. The van der Waals surface area contributed by atoms with Crippen molar-refractivity contribution in [3.8, 4) is 45.7 Å². The maximum absolute atomic E-state index is 6.41. The maximum atomic E-state index is 6.41. The number of rotatable bonds is 4. The Kier molecular flexibility index (Phi) is 6.56. The van der Waals surface area contributed by atoms with E-state index in [0.717, 1.165) is 88.3 Å². The molecule has 5 nitrogen and oxygen atoms in total. The van der Waals surface area contributed by atoms with Gasteiger partial charge in [-0.3, -0.25) is 0 Å². The lowest BCUT2D eigenvalue weighted by Gasteiger charge is -2.34. The fraction of sp³-hybridized carbons (Fsp3) is 0. The summed E-state index contributed by atoms with van der Waals surface area (Å²) in [5.74, 6) is 3.59. The van der Waals surface area contributed by atoms with E-state index in [1.165, 1.54) is 10.8 Å². The van der Waals surface area contributed by atoms with Gasteiger partial charge in [-0.1, -0.05) is 146 Å². The minimum Gasteiger partial charge on any atom is -0.453 e. The first kappa shape index (κ1) is 30.8. The molecule has 0 aliphatic carbocycles. The van der Waals surface area contributed by atoms with Gasteiger partial charge in [-0.25, -0.2) is 15.0 Å². The molecule has 10 aromatic carbocycles. The van der Waals surface area contributed by atoms with E-state index >= 15 is 0 Å². The molecule has 11 aromatic rings. The summed E-state index contributed by atoms with van der Waals surface area (Å²) in [5.41, 5.74) is 6.03. The summed E-state index contributed by atoms with van der Waals surface area (Å²) in [4.78, 5) is 18.3. The number of ether oxygens (including phenoxy) is 1. The van der Waals surface area contributed by atoms with Crippen molar-refractivity contribution in [1.29, 1.82) is 0 Å². The van der Waals surface area contributed by atoms with Gasteiger partial charge >= 0.3 is 0 Å². The number of hydrogen-bond acceptors (Lipinski definition) is 5. The fourth-order valence-electron chi connectivity index (χ4n) is 8.75. The van der Waals surface area contributed by atoms with E-state index in [9.17, 15) is 0 Å². The number of aromatic nitrogens is 3. The Hall–Kier alpha value is -7.63. The van der Waals surface area contributed by atoms with Gasteiger partial charge < -0.3 is 9.64 Å². The van der Waals surface area contributed by atoms with Crippen molar-refractivity contribution in [2.24, 2.45) is 0 Å². The molecule has 0 amide bonds. The summed E-state index contributed by atoms with van der Waals surface area (Å²) in [6, 6.07) is 63.8. The molecule has 1 aliphatic rings. The number of fused-ring (bicyclic) bond motifs is 4. The van der Waals surface area contributed by atoms with Crippen LogP contribution in [0.4, 0.5) is 17.1 Å². The fourth-order valence-corrected chi connectivity index (χ4v) is 8.75.